The summed E-state index contributed by atoms with van der Waals surface area (Å²) in [5.41, 5.74) is 7.21. The Balaban J connectivity index is 1.35. The van der Waals surface area contributed by atoms with Gasteiger partial charge in [0.1, 0.15) is 0 Å². The van der Waals surface area contributed by atoms with Crippen molar-refractivity contribution in [1.29, 1.82) is 0 Å². The zero-order valence-electron chi connectivity index (χ0n) is 25.3. The molecule has 0 fully saturated rings. The molecule has 0 atom stereocenters. The first-order chi connectivity index (χ1) is 23.6. The molecule has 48 heavy (non-hydrogen) atoms. The van der Waals surface area contributed by atoms with E-state index >= 15 is 0 Å². The van der Waals surface area contributed by atoms with Crippen LogP contribution in [0.4, 0.5) is 0 Å². The number of pyridine rings is 1. The van der Waals surface area contributed by atoms with E-state index in [1.54, 1.807) is 0 Å². The van der Waals surface area contributed by atoms with Crippen LogP contribution in [0.2, 0.25) is 10.0 Å². The number of halogens is 2. The molecule has 0 aliphatic rings. The third-order valence-corrected chi connectivity index (χ3v) is 9.77. The molecule has 0 N–H and O–H groups in total. The fourth-order valence-corrected chi connectivity index (χ4v) is 7.42. The maximum atomic E-state index is 6.26. The van der Waals surface area contributed by atoms with Gasteiger partial charge in [0, 0.05) is 48.1 Å². The predicted molar refractivity (Wildman–Crippen MR) is 199 cm³/mol. The molecule has 5 nitrogen and oxygen atoms in total. The SMILES string of the molecule is Clc1ccc(-c2nc(-c3ccc(Cl)cc3)nc(-n3c4ccccc4c4c3ccc3cc5c6ccccc6c6ccccc6n5c34)n2)cc1. The quantitative estimate of drug-likeness (QED) is 0.178. The van der Waals surface area contributed by atoms with Gasteiger partial charge in [-0.2, -0.15) is 9.97 Å². The van der Waals surface area contributed by atoms with Crippen molar-refractivity contribution in [1.82, 2.24) is 23.9 Å². The largest absolute Gasteiger partial charge is 0.308 e. The second-order valence-corrected chi connectivity index (χ2v) is 12.8. The lowest BCUT2D eigenvalue weighted by molar-refractivity contribution is 0.953. The molecule has 0 saturated carbocycles. The van der Waals surface area contributed by atoms with E-state index in [-0.39, 0.29) is 0 Å². The van der Waals surface area contributed by atoms with Crippen LogP contribution in [0, 0.1) is 0 Å². The molecule has 4 aromatic heterocycles. The lowest BCUT2D eigenvalue weighted by Gasteiger charge is -2.11. The Hall–Kier alpha value is -5.75. The maximum absolute atomic E-state index is 6.26. The molecule has 7 heteroatoms. The highest BCUT2D eigenvalue weighted by molar-refractivity contribution is 6.31. The Kier molecular flexibility index (Phi) is 5.92. The van der Waals surface area contributed by atoms with Crippen LogP contribution in [0.5, 0.6) is 0 Å². The van der Waals surface area contributed by atoms with Gasteiger partial charge in [-0.15, -0.1) is 0 Å². The van der Waals surface area contributed by atoms with E-state index in [0.717, 1.165) is 38.4 Å². The van der Waals surface area contributed by atoms with Crippen LogP contribution >= 0.6 is 23.2 Å². The summed E-state index contributed by atoms with van der Waals surface area (Å²) in [6.45, 7) is 0. The number of rotatable bonds is 3. The van der Waals surface area contributed by atoms with Crippen molar-refractivity contribution in [2.24, 2.45) is 0 Å². The van der Waals surface area contributed by atoms with Crippen LogP contribution in [-0.4, -0.2) is 23.9 Å². The van der Waals surface area contributed by atoms with Gasteiger partial charge in [0.15, 0.2) is 11.6 Å². The highest BCUT2D eigenvalue weighted by Gasteiger charge is 2.22. The summed E-state index contributed by atoms with van der Waals surface area (Å²) in [6.07, 6.45) is 0. The molecule has 10 aromatic rings. The molecule has 10 rings (SSSR count). The molecule has 0 spiro atoms. The Morgan fingerprint density at radius 2 is 0.979 bits per heavy atom. The number of fused-ring (bicyclic) bond motifs is 12. The second-order valence-electron chi connectivity index (χ2n) is 12.0. The predicted octanol–water partition coefficient (Wildman–Crippen LogP) is 11.3. The van der Waals surface area contributed by atoms with Gasteiger partial charge in [-0.05, 0) is 78.2 Å². The average molecular weight is 657 g/mol. The topological polar surface area (TPSA) is 48.0 Å². The van der Waals surface area contributed by atoms with E-state index < -0.39 is 0 Å². The molecule has 0 amide bonds. The minimum absolute atomic E-state index is 0.529. The fourth-order valence-electron chi connectivity index (χ4n) is 7.17. The van der Waals surface area contributed by atoms with Gasteiger partial charge in [-0.1, -0.05) is 89.9 Å². The number of nitrogens with zero attached hydrogens (tertiary/aromatic N) is 5. The minimum atomic E-state index is 0.529. The van der Waals surface area contributed by atoms with Crippen LogP contribution in [0.3, 0.4) is 0 Å². The summed E-state index contributed by atoms with van der Waals surface area (Å²) in [6, 6.07) is 47.7. The van der Waals surface area contributed by atoms with Crippen LogP contribution in [-0.2, 0) is 0 Å². The van der Waals surface area contributed by atoms with Crippen molar-refractivity contribution in [2.75, 3.05) is 0 Å². The van der Waals surface area contributed by atoms with Gasteiger partial charge in [0.2, 0.25) is 5.95 Å². The summed E-state index contributed by atoms with van der Waals surface area (Å²) >= 11 is 12.5. The van der Waals surface area contributed by atoms with Crippen molar-refractivity contribution >= 4 is 83.1 Å². The molecular formula is C41H23Cl2N5. The van der Waals surface area contributed by atoms with Crippen LogP contribution in [0.15, 0.2) is 140 Å². The number of hydrogen-bond acceptors (Lipinski definition) is 3. The summed E-state index contributed by atoms with van der Waals surface area (Å²) in [5.74, 6) is 1.64. The monoisotopic (exact) mass is 655 g/mol. The number of benzene rings is 6. The molecule has 0 bridgehead atoms. The minimum Gasteiger partial charge on any atom is -0.308 e. The Bertz CT molecular complexity index is 2840. The molecule has 0 aliphatic heterocycles. The molecule has 0 radical (unpaired) electrons. The van der Waals surface area contributed by atoms with Crippen LogP contribution < -0.4 is 0 Å². The third-order valence-electron chi connectivity index (χ3n) is 9.27. The van der Waals surface area contributed by atoms with Gasteiger partial charge < -0.3 is 4.40 Å². The van der Waals surface area contributed by atoms with E-state index in [0.29, 0.717) is 27.6 Å². The van der Waals surface area contributed by atoms with Gasteiger partial charge in [0.05, 0.1) is 27.6 Å². The van der Waals surface area contributed by atoms with Crippen molar-refractivity contribution < 1.29 is 0 Å². The number of aromatic nitrogens is 5. The van der Waals surface area contributed by atoms with Gasteiger partial charge >= 0.3 is 0 Å². The van der Waals surface area contributed by atoms with Crippen LogP contribution in [0.1, 0.15) is 0 Å². The summed E-state index contributed by atoms with van der Waals surface area (Å²) in [4.78, 5) is 15.1. The highest BCUT2D eigenvalue weighted by Crippen LogP contribution is 2.41. The van der Waals surface area contributed by atoms with E-state index in [1.807, 2.05) is 48.5 Å². The Morgan fingerprint density at radius 1 is 0.438 bits per heavy atom. The number of para-hydroxylation sites is 2. The van der Waals surface area contributed by atoms with Crippen molar-refractivity contribution in [3.8, 4) is 28.7 Å². The molecule has 0 saturated heterocycles. The Labute approximate surface area is 284 Å². The van der Waals surface area contributed by atoms with E-state index in [2.05, 4.69) is 100.0 Å². The first-order valence-electron chi connectivity index (χ1n) is 15.7. The molecule has 226 valence electrons. The number of hydrogen-bond donors (Lipinski definition) is 0. The highest BCUT2D eigenvalue weighted by atomic mass is 35.5. The Morgan fingerprint density at radius 3 is 1.62 bits per heavy atom. The zero-order chi connectivity index (χ0) is 31.9. The molecule has 6 aromatic carbocycles. The van der Waals surface area contributed by atoms with E-state index in [9.17, 15) is 0 Å². The maximum Gasteiger partial charge on any atom is 0.238 e. The second kappa shape index (κ2) is 10.4. The lowest BCUT2D eigenvalue weighted by atomic mass is 10.1. The summed E-state index contributed by atoms with van der Waals surface area (Å²) < 4.78 is 4.59. The van der Waals surface area contributed by atoms with E-state index in [4.69, 9.17) is 38.2 Å². The molecule has 0 aliphatic carbocycles. The first-order valence-corrected chi connectivity index (χ1v) is 16.4. The smallest absolute Gasteiger partial charge is 0.238 e. The van der Waals surface area contributed by atoms with Gasteiger partial charge in [-0.25, -0.2) is 4.98 Å². The standard InChI is InChI=1S/C41H23Cl2N5/c42-27-18-13-24(14-19-27)39-44-40(25-15-20-28(43)21-16-25)46-41(45-39)48-34-12-6-4-10-32(34)37-35(48)22-17-26-23-36-31-9-2-1-7-29(31)30-8-3-5-11-33(30)47(36)38(26)37/h1-23H. The van der Waals surface area contributed by atoms with Crippen molar-refractivity contribution in [3.63, 3.8) is 0 Å². The first kappa shape index (κ1) is 27.4. The average Bonchev–Trinajstić information content (AvgIpc) is 3.69. The molecular weight excluding hydrogens is 633 g/mol. The normalized spacial score (nSPS) is 12.0. The van der Waals surface area contributed by atoms with Gasteiger partial charge in [0.25, 0.3) is 0 Å². The van der Waals surface area contributed by atoms with Crippen molar-refractivity contribution in [3.05, 3.63) is 150 Å². The van der Waals surface area contributed by atoms with Crippen molar-refractivity contribution in [2.45, 2.75) is 0 Å². The zero-order valence-corrected chi connectivity index (χ0v) is 26.8. The lowest BCUT2D eigenvalue weighted by Crippen LogP contribution is -2.06. The summed E-state index contributed by atoms with van der Waals surface area (Å²) in [7, 11) is 0. The van der Waals surface area contributed by atoms with E-state index in [1.165, 1.54) is 32.6 Å². The molecule has 4 heterocycles. The molecule has 0 unspecified atom stereocenters. The summed E-state index contributed by atoms with van der Waals surface area (Å²) in [5, 5.41) is 8.43. The fraction of sp³-hybridized carbons (Fsp3) is 0. The third kappa shape index (κ3) is 4.02. The van der Waals surface area contributed by atoms with Gasteiger partial charge in [-0.3, -0.25) is 4.57 Å². The van der Waals surface area contributed by atoms with Crippen LogP contribution in [0.25, 0.3) is 88.6 Å².